The summed E-state index contributed by atoms with van der Waals surface area (Å²) in [5, 5.41) is 16.2. The summed E-state index contributed by atoms with van der Waals surface area (Å²) in [7, 11) is 0. The zero-order valence-corrected chi connectivity index (χ0v) is 14.0. The van der Waals surface area contributed by atoms with Crippen LogP contribution in [0.25, 0.3) is 0 Å². The average molecular weight is 347 g/mol. The van der Waals surface area contributed by atoms with Gasteiger partial charge in [0, 0.05) is 16.3 Å². The smallest absolute Gasteiger partial charge is 0.230 e. The van der Waals surface area contributed by atoms with Crippen molar-refractivity contribution in [3.8, 4) is 0 Å². The molecule has 6 heteroatoms. The fourth-order valence-electron chi connectivity index (χ4n) is 2.39. The van der Waals surface area contributed by atoms with Crippen LogP contribution in [0.3, 0.4) is 0 Å². The second-order valence-electron chi connectivity index (χ2n) is 5.58. The van der Waals surface area contributed by atoms with Crippen LogP contribution in [-0.2, 0) is 9.59 Å². The molecule has 0 aromatic heterocycles. The molecule has 1 amide bonds. The van der Waals surface area contributed by atoms with Gasteiger partial charge in [-0.05, 0) is 31.2 Å². The monoisotopic (exact) mass is 346 g/mol. The third kappa shape index (κ3) is 5.37. The summed E-state index contributed by atoms with van der Waals surface area (Å²) in [5.74, 6) is -1.65. The lowest BCUT2D eigenvalue weighted by molar-refractivity contribution is -0.717. The third-order valence-electron chi connectivity index (χ3n) is 3.68. The number of carboxylic acids is 1. The Bertz CT molecular complexity index is 689. The molecule has 3 N–H and O–H groups in total. The van der Waals surface area contributed by atoms with Crippen molar-refractivity contribution in [1.82, 2.24) is 0 Å². The van der Waals surface area contributed by atoms with Crippen LogP contribution in [0.1, 0.15) is 24.9 Å². The Hall–Kier alpha value is -2.37. The second kappa shape index (κ2) is 8.47. The van der Waals surface area contributed by atoms with E-state index in [1.54, 1.807) is 29.6 Å². The predicted molar refractivity (Wildman–Crippen MR) is 90.3 cm³/mol. The van der Waals surface area contributed by atoms with E-state index in [9.17, 15) is 14.7 Å². The molecule has 0 aliphatic carbocycles. The number of carbonyl (C=O) groups is 2. The van der Waals surface area contributed by atoms with Crippen molar-refractivity contribution in [3.63, 3.8) is 0 Å². The topological polar surface area (TPSA) is 85.8 Å². The number of carbonyl (C=O) groups excluding carboxylic acids is 2. The molecule has 0 unspecified atom stereocenters. The molecule has 126 valence electrons. The lowest BCUT2D eigenvalue weighted by atomic mass is 10.1. The average Bonchev–Trinajstić information content (AvgIpc) is 2.57. The molecule has 0 aliphatic rings. The molecule has 0 saturated carbocycles. The van der Waals surface area contributed by atoms with Gasteiger partial charge < -0.3 is 20.5 Å². The van der Waals surface area contributed by atoms with Crippen LogP contribution in [0.15, 0.2) is 54.6 Å². The first-order valence-corrected chi connectivity index (χ1v) is 7.99. The molecule has 0 fully saturated rings. The summed E-state index contributed by atoms with van der Waals surface area (Å²) in [4.78, 5) is 23.4. The van der Waals surface area contributed by atoms with Gasteiger partial charge in [-0.1, -0.05) is 41.9 Å². The van der Waals surface area contributed by atoms with Gasteiger partial charge >= 0.3 is 0 Å². The van der Waals surface area contributed by atoms with Crippen molar-refractivity contribution >= 4 is 29.2 Å². The fourth-order valence-corrected chi connectivity index (χ4v) is 2.52. The number of hydrogen-bond acceptors (Lipinski definition) is 3. The van der Waals surface area contributed by atoms with Gasteiger partial charge in [-0.2, -0.15) is 0 Å². The Morgan fingerprint density at radius 3 is 2.33 bits per heavy atom. The Balaban J connectivity index is 1.96. The van der Waals surface area contributed by atoms with Crippen molar-refractivity contribution in [1.29, 1.82) is 0 Å². The van der Waals surface area contributed by atoms with E-state index < -0.39 is 12.0 Å². The van der Waals surface area contributed by atoms with Crippen LogP contribution < -0.4 is 15.7 Å². The fraction of sp³-hybridized carbons (Fsp3) is 0.222. The number of hydrogen-bond donors (Lipinski definition) is 2. The van der Waals surface area contributed by atoms with Gasteiger partial charge in [-0.3, -0.25) is 4.79 Å². The highest BCUT2D eigenvalue weighted by Gasteiger charge is 2.22. The summed E-state index contributed by atoms with van der Waals surface area (Å²) in [6.45, 7) is 1.89. The summed E-state index contributed by atoms with van der Waals surface area (Å²) >= 11 is 5.79. The molecule has 2 atom stereocenters. The van der Waals surface area contributed by atoms with Gasteiger partial charge in [0.2, 0.25) is 5.91 Å². The summed E-state index contributed by atoms with van der Waals surface area (Å²) in [6, 6.07) is 15.1. The maximum atomic E-state index is 12.1. The Kier molecular flexibility index (Phi) is 6.35. The molecule has 0 spiro atoms. The molecule has 2 aromatic carbocycles. The molecular weight excluding hydrogens is 328 g/mol. The standard InChI is InChI=1S/C18H19ClN2O3/c1-12(13-5-3-2-4-6-13)20-16(18(23)24)11-17(22)21-15-9-7-14(19)8-10-15/h2-10,12,16,20H,11H2,1H3,(H,21,22)(H,23,24)/t12-,16+/m1/s1. The van der Waals surface area contributed by atoms with E-state index in [0.717, 1.165) is 5.56 Å². The van der Waals surface area contributed by atoms with Gasteiger partial charge in [0.05, 0.1) is 12.4 Å². The highest BCUT2D eigenvalue weighted by molar-refractivity contribution is 6.30. The summed E-state index contributed by atoms with van der Waals surface area (Å²) in [6.07, 6.45) is -0.178. The quantitative estimate of drug-likeness (QED) is 0.787. The van der Waals surface area contributed by atoms with Gasteiger partial charge in [-0.25, -0.2) is 0 Å². The van der Waals surface area contributed by atoms with Crippen LogP contribution in [0.4, 0.5) is 5.69 Å². The van der Waals surface area contributed by atoms with E-state index in [1.165, 1.54) is 0 Å². The first-order valence-electron chi connectivity index (χ1n) is 7.62. The van der Waals surface area contributed by atoms with Crippen LogP contribution in [0.2, 0.25) is 5.02 Å². The zero-order chi connectivity index (χ0) is 17.5. The molecule has 0 aliphatic heterocycles. The predicted octanol–water partition coefficient (Wildman–Crippen LogP) is 1.11. The van der Waals surface area contributed by atoms with E-state index in [0.29, 0.717) is 10.7 Å². The van der Waals surface area contributed by atoms with Gasteiger partial charge in [0.25, 0.3) is 0 Å². The Morgan fingerprint density at radius 1 is 1.12 bits per heavy atom. The molecule has 0 heterocycles. The van der Waals surface area contributed by atoms with Crippen molar-refractivity contribution < 1.29 is 20.0 Å². The van der Waals surface area contributed by atoms with E-state index in [1.807, 2.05) is 37.3 Å². The third-order valence-corrected chi connectivity index (χ3v) is 3.93. The van der Waals surface area contributed by atoms with Crippen LogP contribution in [-0.4, -0.2) is 17.9 Å². The van der Waals surface area contributed by atoms with Gasteiger partial charge in [0.15, 0.2) is 0 Å². The van der Waals surface area contributed by atoms with Crippen molar-refractivity contribution in [2.75, 3.05) is 5.32 Å². The highest BCUT2D eigenvalue weighted by atomic mass is 35.5. The van der Waals surface area contributed by atoms with Gasteiger partial charge in [-0.15, -0.1) is 0 Å². The first kappa shape index (κ1) is 18.0. The SMILES string of the molecule is C[C@@H]([NH2+][C@@H](CC(=O)Nc1ccc(Cl)cc1)C(=O)[O-])c1ccccc1. The lowest BCUT2D eigenvalue weighted by Gasteiger charge is -2.21. The zero-order valence-electron chi connectivity index (χ0n) is 13.2. The molecule has 0 bridgehead atoms. The number of carboxylic acid groups (broad SMARTS) is 1. The number of benzene rings is 2. The minimum Gasteiger partial charge on any atom is -0.544 e. The first-order chi connectivity index (χ1) is 11.5. The number of amides is 1. The van der Waals surface area contributed by atoms with Crippen LogP contribution in [0.5, 0.6) is 0 Å². The number of nitrogens with one attached hydrogen (secondary N) is 1. The minimum absolute atomic E-state index is 0.0996. The summed E-state index contributed by atoms with van der Waals surface area (Å²) in [5.41, 5.74) is 1.56. The minimum atomic E-state index is -1.26. The van der Waals surface area contributed by atoms with Crippen LogP contribution in [0, 0.1) is 0 Å². The number of halogens is 1. The number of aliphatic carboxylic acids is 1. The van der Waals surface area contributed by atoms with E-state index >= 15 is 0 Å². The molecule has 24 heavy (non-hydrogen) atoms. The highest BCUT2D eigenvalue weighted by Crippen LogP contribution is 2.13. The number of quaternary nitrogens is 1. The molecule has 0 radical (unpaired) electrons. The van der Waals surface area contributed by atoms with Crippen molar-refractivity contribution in [3.05, 3.63) is 65.2 Å². The van der Waals surface area contributed by atoms with Crippen LogP contribution >= 0.6 is 11.6 Å². The van der Waals surface area contributed by atoms with E-state index in [2.05, 4.69) is 5.32 Å². The van der Waals surface area contributed by atoms with Crippen molar-refractivity contribution in [2.24, 2.45) is 0 Å². The van der Waals surface area contributed by atoms with Crippen molar-refractivity contribution in [2.45, 2.75) is 25.4 Å². The second-order valence-corrected chi connectivity index (χ2v) is 6.01. The van der Waals surface area contributed by atoms with Gasteiger partial charge in [0.1, 0.15) is 12.1 Å². The molecule has 0 saturated heterocycles. The number of rotatable bonds is 7. The number of nitrogens with two attached hydrogens (primary N) is 1. The molecule has 2 rings (SSSR count). The maximum absolute atomic E-state index is 12.1. The Labute approximate surface area is 145 Å². The Morgan fingerprint density at radius 2 is 1.75 bits per heavy atom. The molecule has 5 nitrogen and oxygen atoms in total. The lowest BCUT2D eigenvalue weighted by Crippen LogP contribution is -2.93. The van der Waals surface area contributed by atoms with E-state index in [-0.39, 0.29) is 18.4 Å². The molecular formula is C18H19ClN2O3. The maximum Gasteiger partial charge on any atom is 0.230 e. The van der Waals surface area contributed by atoms with E-state index in [4.69, 9.17) is 11.6 Å². The summed E-state index contributed by atoms with van der Waals surface area (Å²) < 4.78 is 0. The number of anilines is 1. The largest absolute Gasteiger partial charge is 0.544 e. The normalized spacial score (nSPS) is 13.1. The molecule has 2 aromatic rings.